The number of rotatable bonds is 6. The van der Waals surface area contributed by atoms with Gasteiger partial charge in [-0.3, -0.25) is 0 Å². The van der Waals surface area contributed by atoms with Crippen LogP contribution in [0.2, 0.25) is 0 Å². The van der Waals surface area contributed by atoms with E-state index in [0.717, 1.165) is 13.1 Å². The molecule has 2 aromatic rings. The van der Waals surface area contributed by atoms with Crippen molar-refractivity contribution in [2.45, 2.75) is 25.7 Å². The zero-order valence-corrected chi connectivity index (χ0v) is 11.8. The fraction of sp³-hybridized carbons (Fsp3) is 0.400. The first-order chi connectivity index (χ1) is 8.77. The average Bonchev–Trinajstić information content (AvgIpc) is 2.93. The standard InChI is InChI=1S/C15H20N2S/c1-12(14-6-4-3-5-7-14)10-16-11-13(2)15-17-8-9-18-15/h3-9,12-13,16H,10-11H2,1-2H3. The SMILES string of the molecule is CC(CNCC(C)c1nccs1)c1ccccc1. The minimum absolute atomic E-state index is 0.493. The molecule has 0 aliphatic rings. The van der Waals surface area contributed by atoms with Crippen molar-refractivity contribution in [2.24, 2.45) is 0 Å². The molecule has 0 fully saturated rings. The molecule has 0 saturated carbocycles. The molecule has 3 heteroatoms. The van der Waals surface area contributed by atoms with Crippen molar-refractivity contribution in [3.05, 3.63) is 52.5 Å². The van der Waals surface area contributed by atoms with Gasteiger partial charge in [0, 0.05) is 30.6 Å². The summed E-state index contributed by atoms with van der Waals surface area (Å²) in [6.07, 6.45) is 1.88. The van der Waals surface area contributed by atoms with Crippen LogP contribution in [0, 0.1) is 0 Å². The Morgan fingerprint density at radius 3 is 2.50 bits per heavy atom. The molecule has 0 aliphatic heterocycles. The first kappa shape index (κ1) is 13.2. The average molecular weight is 260 g/mol. The van der Waals surface area contributed by atoms with Crippen LogP contribution in [0.1, 0.15) is 36.3 Å². The predicted molar refractivity (Wildman–Crippen MR) is 78.3 cm³/mol. The lowest BCUT2D eigenvalue weighted by molar-refractivity contribution is 0.572. The zero-order chi connectivity index (χ0) is 12.8. The molecule has 1 aromatic heterocycles. The van der Waals surface area contributed by atoms with Gasteiger partial charge in [0.1, 0.15) is 0 Å². The Balaban J connectivity index is 1.76. The van der Waals surface area contributed by atoms with Crippen LogP contribution in [0.25, 0.3) is 0 Å². The van der Waals surface area contributed by atoms with Crippen molar-refractivity contribution in [1.82, 2.24) is 10.3 Å². The van der Waals surface area contributed by atoms with E-state index in [0.29, 0.717) is 11.8 Å². The summed E-state index contributed by atoms with van der Waals surface area (Å²) >= 11 is 1.74. The Kier molecular flexibility index (Phi) is 4.90. The number of thiazole rings is 1. The molecule has 1 N–H and O–H groups in total. The van der Waals surface area contributed by atoms with Crippen LogP contribution >= 0.6 is 11.3 Å². The summed E-state index contributed by atoms with van der Waals surface area (Å²) < 4.78 is 0. The van der Waals surface area contributed by atoms with Crippen LogP contribution < -0.4 is 5.32 Å². The lowest BCUT2D eigenvalue weighted by Gasteiger charge is -2.15. The maximum atomic E-state index is 4.35. The summed E-state index contributed by atoms with van der Waals surface area (Å²) in [5.41, 5.74) is 1.40. The second kappa shape index (κ2) is 6.66. The smallest absolute Gasteiger partial charge is 0.0965 e. The van der Waals surface area contributed by atoms with Gasteiger partial charge in [0.25, 0.3) is 0 Å². The first-order valence-electron chi connectivity index (χ1n) is 6.42. The molecule has 2 rings (SSSR count). The van der Waals surface area contributed by atoms with Gasteiger partial charge in [0.05, 0.1) is 5.01 Å². The van der Waals surface area contributed by atoms with Gasteiger partial charge in [0.2, 0.25) is 0 Å². The van der Waals surface area contributed by atoms with Crippen molar-refractivity contribution in [3.8, 4) is 0 Å². The fourth-order valence-electron chi connectivity index (χ4n) is 1.98. The van der Waals surface area contributed by atoms with E-state index < -0.39 is 0 Å². The van der Waals surface area contributed by atoms with E-state index in [1.807, 2.05) is 11.6 Å². The highest BCUT2D eigenvalue weighted by atomic mass is 32.1. The van der Waals surface area contributed by atoms with E-state index in [1.54, 1.807) is 11.3 Å². The molecule has 0 saturated heterocycles. The maximum absolute atomic E-state index is 4.35. The number of hydrogen-bond acceptors (Lipinski definition) is 3. The molecule has 0 bridgehead atoms. The molecule has 2 nitrogen and oxygen atoms in total. The van der Waals surface area contributed by atoms with Gasteiger partial charge < -0.3 is 5.32 Å². The van der Waals surface area contributed by atoms with Crippen LogP contribution in [-0.4, -0.2) is 18.1 Å². The third-order valence-electron chi connectivity index (χ3n) is 3.14. The number of nitrogens with zero attached hydrogens (tertiary/aromatic N) is 1. The molecule has 2 atom stereocenters. The van der Waals surface area contributed by atoms with E-state index in [2.05, 4.69) is 54.5 Å². The van der Waals surface area contributed by atoms with Gasteiger partial charge >= 0.3 is 0 Å². The Hall–Kier alpha value is -1.19. The number of hydrogen-bond donors (Lipinski definition) is 1. The van der Waals surface area contributed by atoms with Crippen molar-refractivity contribution < 1.29 is 0 Å². The van der Waals surface area contributed by atoms with E-state index in [1.165, 1.54) is 10.6 Å². The summed E-state index contributed by atoms with van der Waals surface area (Å²) in [6, 6.07) is 10.6. The van der Waals surface area contributed by atoms with Crippen LogP contribution in [0.15, 0.2) is 41.9 Å². The highest BCUT2D eigenvalue weighted by Gasteiger charge is 2.09. The van der Waals surface area contributed by atoms with E-state index >= 15 is 0 Å². The Morgan fingerprint density at radius 1 is 1.11 bits per heavy atom. The Bertz CT molecular complexity index is 439. The molecular formula is C15H20N2S. The first-order valence-corrected chi connectivity index (χ1v) is 7.30. The molecule has 0 amide bonds. The summed E-state index contributed by atoms with van der Waals surface area (Å²) in [7, 11) is 0. The molecule has 2 unspecified atom stereocenters. The van der Waals surface area contributed by atoms with E-state index in [-0.39, 0.29) is 0 Å². The second-order valence-corrected chi connectivity index (χ2v) is 5.67. The van der Waals surface area contributed by atoms with Gasteiger partial charge in [-0.1, -0.05) is 44.2 Å². The van der Waals surface area contributed by atoms with Crippen molar-refractivity contribution >= 4 is 11.3 Å². The van der Waals surface area contributed by atoms with Gasteiger partial charge in [-0.25, -0.2) is 4.98 Å². The number of aromatic nitrogens is 1. The molecule has 18 heavy (non-hydrogen) atoms. The molecule has 0 spiro atoms. The number of benzene rings is 1. The lowest BCUT2D eigenvalue weighted by Crippen LogP contribution is -2.24. The largest absolute Gasteiger partial charge is 0.315 e. The Labute approximate surface area is 113 Å². The summed E-state index contributed by atoms with van der Waals surface area (Å²) in [6.45, 7) is 6.49. The topological polar surface area (TPSA) is 24.9 Å². The maximum Gasteiger partial charge on any atom is 0.0965 e. The molecular weight excluding hydrogens is 240 g/mol. The van der Waals surface area contributed by atoms with Crippen LogP contribution in [0.3, 0.4) is 0 Å². The highest BCUT2D eigenvalue weighted by Crippen LogP contribution is 2.17. The number of nitrogens with one attached hydrogen (secondary N) is 1. The summed E-state index contributed by atoms with van der Waals surface area (Å²) in [4.78, 5) is 4.35. The van der Waals surface area contributed by atoms with E-state index in [4.69, 9.17) is 0 Å². The van der Waals surface area contributed by atoms with Gasteiger partial charge in [0.15, 0.2) is 0 Å². The van der Waals surface area contributed by atoms with Gasteiger partial charge in [-0.05, 0) is 11.5 Å². The van der Waals surface area contributed by atoms with E-state index in [9.17, 15) is 0 Å². The van der Waals surface area contributed by atoms with Crippen LogP contribution in [0.4, 0.5) is 0 Å². The predicted octanol–water partition coefficient (Wildman–Crippen LogP) is 3.64. The molecule has 1 aromatic carbocycles. The third-order valence-corrected chi connectivity index (χ3v) is 4.15. The molecule has 96 valence electrons. The quantitative estimate of drug-likeness (QED) is 0.857. The van der Waals surface area contributed by atoms with Crippen LogP contribution in [0.5, 0.6) is 0 Å². The highest BCUT2D eigenvalue weighted by molar-refractivity contribution is 7.09. The van der Waals surface area contributed by atoms with Crippen molar-refractivity contribution in [3.63, 3.8) is 0 Å². The summed E-state index contributed by atoms with van der Waals surface area (Å²) in [5, 5.41) is 6.80. The lowest BCUT2D eigenvalue weighted by atomic mass is 10.0. The third kappa shape index (κ3) is 3.65. The monoisotopic (exact) mass is 260 g/mol. The van der Waals surface area contributed by atoms with Crippen molar-refractivity contribution in [1.29, 1.82) is 0 Å². The van der Waals surface area contributed by atoms with Crippen molar-refractivity contribution in [2.75, 3.05) is 13.1 Å². The minimum atomic E-state index is 0.493. The second-order valence-electron chi connectivity index (χ2n) is 4.74. The Morgan fingerprint density at radius 2 is 1.83 bits per heavy atom. The fourth-order valence-corrected chi connectivity index (χ4v) is 2.68. The molecule has 0 aliphatic carbocycles. The van der Waals surface area contributed by atoms with Crippen LogP contribution in [-0.2, 0) is 0 Å². The summed E-state index contributed by atoms with van der Waals surface area (Å²) in [5.74, 6) is 1.04. The molecule has 1 heterocycles. The zero-order valence-electron chi connectivity index (χ0n) is 11.0. The molecule has 0 radical (unpaired) electrons. The minimum Gasteiger partial charge on any atom is -0.315 e. The van der Waals surface area contributed by atoms with Gasteiger partial charge in [-0.2, -0.15) is 0 Å². The van der Waals surface area contributed by atoms with Gasteiger partial charge in [-0.15, -0.1) is 11.3 Å². The normalized spacial score (nSPS) is 14.3.